The van der Waals surface area contributed by atoms with Gasteiger partial charge in [0, 0.05) is 51.7 Å². The summed E-state index contributed by atoms with van der Waals surface area (Å²) in [6.07, 6.45) is 16.5. The van der Waals surface area contributed by atoms with E-state index in [1.165, 1.54) is 39.3 Å². The quantitative estimate of drug-likeness (QED) is 0.161. The number of anilines is 2. The molecule has 1 unspecified atom stereocenters. The van der Waals surface area contributed by atoms with Gasteiger partial charge >= 0.3 is 0 Å². The molecule has 0 bridgehead atoms. The largest absolute Gasteiger partial charge is 0.397 e. The highest BCUT2D eigenvalue weighted by molar-refractivity contribution is 9.10. The van der Waals surface area contributed by atoms with E-state index in [2.05, 4.69) is 140 Å². The van der Waals surface area contributed by atoms with Crippen LogP contribution < -0.4 is 21.4 Å². The first-order valence-electron chi connectivity index (χ1n) is 18.3. The predicted octanol–water partition coefficient (Wildman–Crippen LogP) is 10.5. The molecular weight excluding hydrogens is 678 g/mol. The molecule has 0 saturated carbocycles. The molecule has 0 fully saturated rings. The molecule has 5 nitrogen and oxygen atoms in total. The molecule has 6 rings (SSSR count). The Hall–Kier alpha value is -4.00. The number of halogens is 1. The maximum Gasteiger partial charge on any atom is 0.0632 e. The Morgan fingerprint density at radius 3 is 2.22 bits per heavy atom. The summed E-state index contributed by atoms with van der Waals surface area (Å²) < 4.78 is 1.02. The van der Waals surface area contributed by atoms with E-state index in [9.17, 15) is 0 Å². The first-order valence-corrected chi connectivity index (χ1v) is 19.1. The van der Waals surface area contributed by atoms with Crippen molar-refractivity contribution < 1.29 is 0 Å². The highest BCUT2D eigenvalue weighted by Gasteiger charge is 2.43. The van der Waals surface area contributed by atoms with Gasteiger partial charge < -0.3 is 15.5 Å². The van der Waals surface area contributed by atoms with E-state index in [0.717, 1.165) is 60.9 Å². The third kappa shape index (κ3) is 6.72. The van der Waals surface area contributed by atoms with Gasteiger partial charge in [0.05, 0.1) is 17.4 Å². The van der Waals surface area contributed by atoms with E-state index in [4.69, 9.17) is 11.6 Å². The number of hydrogen-bond acceptors (Lipinski definition) is 5. The van der Waals surface area contributed by atoms with Crippen molar-refractivity contribution in [1.29, 1.82) is 0 Å². The summed E-state index contributed by atoms with van der Waals surface area (Å²) in [7, 11) is 0. The van der Waals surface area contributed by atoms with Crippen LogP contribution >= 0.6 is 15.9 Å². The van der Waals surface area contributed by atoms with Crippen molar-refractivity contribution in [3.05, 3.63) is 147 Å². The Morgan fingerprint density at radius 1 is 0.860 bits per heavy atom. The smallest absolute Gasteiger partial charge is 0.0632 e. The lowest BCUT2D eigenvalue weighted by molar-refractivity contribution is 0.470. The SMILES string of the molecule is CCCN1/C(=C/C=C2\CCCC(/C=C/C3N(CCC)c4ccccc4C3(C)C)=C2N(N)/C=C(\N)c2ccc(Br)cc2)C(C)(C)c2ccccc21. The van der Waals surface area contributed by atoms with Crippen molar-refractivity contribution in [2.45, 2.75) is 90.5 Å². The molecular formula is C44H54BrN5. The molecule has 1 atom stereocenters. The summed E-state index contributed by atoms with van der Waals surface area (Å²) >= 11 is 3.55. The van der Waals surface area contributed by atoms with Gasteiger partial charge in [-0.3, -0.25) is 5.01 Å². The normalized spacial score (nSPS) is 21.4. The molecule has 2 aliphatic heterocycles. The van der Waals surface area contributed by atoms with Gasteiger partial charge in [-0.2, -0.15) is 0 Å². The molecule has 262 valence electrons. The van der Waals surface area contributed by atoms with E-state index >= 15 is 0 Å². The molecule has 3 aromatic carbocycles. The van der Waals surface area contributed by atoms with E-state index in [-0.39, 0.29) is 16.9 Å². The molecule has 0 amide bonds. The predicted molar refractivity (Wildman–Crippen MR) is 217 cm³/mol. The van der Waals surface area contributed by atoms with E-state index in [1.807, 2.05) is 30.5 Å². The zero-order valence-electron chi connectivity index (χ0n) is 30.7. The minimum absolute atomic E-state index is 0.0269. The van der Waals surface area contributed by atoms with Crippen molar-refractivity contribution in [2.24, 2.45) is 11.6 Å². The fourth-order valence-corrected chi connectivity index (χ4v) is 8.57. The van der Waals surface area contributed by atoms with E-state index in [0.29, 0.717) is 5.70 Å². The summed E-state index contributed by atoms with van der Waals surface area (Å²) in [6, 6.07) is 26.1. The Labute approximate surface area is 308 Å². The summed E-state index contributed by atoms with van der Waals surface area (Å²) in [5.41, 5.74) is 18.4. The molecule has 0 spiro atoms. The molecule has 1 aliphatic carbocycles. The van der Waals surface area contributed by atoms with Crippen LogP contribution in [0.4, 0.5) is 11.4 Å². The number of hydrazine groups is 1. The van der Waals surface area contributed by atoms with Crippen LogP contribution in [0.5, 0.6) is 0 Å². The molecule has 4 N–H and O–H groups in total. The Kier molecular flexibility index (Phi) is 10.5. The first kappa shape index (κ1) is 35.8. The number of hydrogen-bond donors (Lipinski definition) is 2. The number of nitrogens with two attached hydrogens (primary N) is 2. The number of nitrogens with zero attached hydrogens (tertiary/aromatic N) is 3. The third-order valence-electron chi connectivity index (χ3n) is 10.8. The average Bonchev–Trinajstić information content (AvgIpc) is 3.45. The molecule has 3 aliphatic rings. The second-order valence-corrected chi connectivity index (χ2v) is 15.9. The van der Waals surface area contributed by atoms with E-state index in [1.54, 1.807) is 5.01 Å². The lowest BCUT2D eigenvalue weighted by Gasteiger charge is -2.33. The first-order chi connectivity index (χ1) is 24.0. The lowest BCUT2D eigenvalue weighted by atomic mass is 9.80. The van der Waals surface area contributed by atoms with Gasteiger partial charge in [-0.05, 0) is 90.3 Å². The van der Waals surface area contributed by atoms with Gasteiger partial charge in [0.15, 0.2) is 0 Å². The van der Waals surface area contributed by atoms with Gasteiger partial charge in [0.25, 0.3) is 0 Å². The molecule has 0 aromatic heterocycles. The maximum absolute atomic E-state index is 7.05. The number of para-hydroxylation sites is 2. The van der Waals surface area contributed by atoms with Crippen molar-refractivity contribution in [1.82, 2.24) is 5.01 Å². The summed E-state index contributed by atoms with van der Waals surface area (Å²) in [5.74, 6) is 7.05. The summed E-state index contributed by atoms with van der Waals surface area (Å²) in [4.78, 5) is 5.09. The molecule has 0 saturated heterocycles. The monoisotopic (exact) mass is 731 g/mol. The Balaban J connectivity index is 1.45. The van der Waals surface area contributed by atoms with Gasteiger partial charge in [0.1, 0.15) is 0 Å². The second kappa shape index (κ2) is 14.7. The lowest BCUT2D eigenvalue weighted by Crippen LogP contribution is -2.40. The van der Waals surface area contributed by atoms with Crippen LogP contribution in [-0.4, -0.2) is 24.1 Å². The highest BCUT2D eigenvalue weighted by atomic mass is 79.9. The molecule has 50 heavy (non-hydrogen) atoms. The van der Waals surface area contributed by atoms with Gasteiger partial charge in [-0.25, -0.2) is 5.84 Å². The van der Waals surface area contributed by atoms with Crippen LogP contribution in [0.3, 0.4) is 0 Å². The third-order valence-corrected chi connectivity index (χ3v) is 11.4. The minimum Gasteiger partial charge on any atom is -0.397 e. The Morgan fingerprint density at radius 2 is 1.52 bits per heavy atom. The van der Waals surface area contributed by atoms with Crippen LogP contribution in [0.2, 0.25) is 0 Å². The molecule has 6 heteroatoms. The minimum atomic E-state index is -0.107. The standard InChI is InChI=1S/C44H54BrN5/c1-7-28-48-38-18-11-9-16-35(38)43(3,4)40(48)26-22-32-14-13-15-33(42(32)50(47)30-37(46)31-20-24-34(45)25-21-31)23-27-41-44(5,6)36-17-10-12-19-39(36)49(41)29-8-2/h9-12,16-27,30,40H,7-8,13-15,28-29,46-47H2,1-6H3/b26-22+,33-23+,37-30-,41-27+. The number of fused-ring (bicyclic) bond motifs is 2. The van der Waals surface area contributed by atoms with Crippen molar-refractivity contribution >= 4 is 33.0 Å². The van der Waals surface area contributed by atoms with E-state index < -0.39 is 0 Å². The highest BCUT2D eigenvalue weighted by Crippen LogP contribution is 2.48. The van der Waals surface area contributed by atoms with Crippen LogP contribution in [0.25, 0.3) is 5.70 Å². The number of allylic oxidation sites excluding steroid dienone is 6. The van der Waals surface area contributed by atoms with Crippen molar-refractivity contribution in [3.63, 3.8) is 0 Å². The van der Waals surface area contributed by atoms with Gasteiger partial charge in [-0.1, -0.05) is 124 Å². The van der Waals surface area contributed by atoms with Crippen LogP contribution in [0, 0.1) is 0 Å². The molecule has 0 radical (unpaired) electrons. The zero-order chi connectivity index (χ0) is 35.6. The molecule has 2 heterocycles. The molecule has 3 aromatic rings. The van der Waals surface area contributed by atoms with Gasteiger partial charge in [-0.15, -0.1) is 0 Å². The number of benzene rings is 3. The van der Waals surface area contributed by atoms with Crippen LogP contribution in [0.1, 0.15) is 90.3 Å². The zero-order valence-corrected chi connectivity index (χ0v) is 32.3. The fraction of sp³-hybridized carbons (Fsp3) is 0.364. The fourth-order valence-electron chi connectivity index (χ4n) is 8.30. The van der Waals surface area contributed by atoms with Crippen molar-refractivity contribution in [3.8, 4) is 0 Å². The van der Waals surface area contributed by atoms with Crippen LogP contribution in [-0.2, 0) is 10.8 Å². The van der Waals surface area contributed by atoms with Crippen LogP contribution in [0.15, 0.2) is 130 Å². The topological polar surface area (TPSA) is 61.8 Å². The summed E-state index contributed by atoms with van der Waals surface area (Å²) in [5, 5.41) is 1.78. The maximum atomic E-state index is 7.05. The van der Waals surface area contributed by atoms with Gasteiger partial charge in [0.2, 0.25) is 0 Å². The summed E-state index contributed by atoms with van der Waals surface area (Å²) in [6.45, 7) is 16.0. The Bertz CT molecular complexity index is 1860. The second-order valence-electron chi connectivity index (χ2n) is 15.0. The van der Waals surface area contributed by atoms with Crippen molar-refractivity contribution in [2.75, 3.05) is 22.9 Å². The number of rotatable bonds is 10. The average molecular weight is 733 g/mol.